The summed E-state index contributed by atoms with van der Waals surface area (Å²) in [4.78, 5) is 6.61. The second-order valence-corrected chi connectivity index (χ2v) is 6.05. The quantitative estimate of drug-likeness (QED) is 0.849. The van der Waals surface area contributed by atoms with Crippen molar-refractivity contribution in [1.82, 2.24) is 0 Å². The summed E-state index contributed by atoms with van der Waals surface area (Å²) in [7, 11) is 0. The van der Waals surface area contributed by atoms with Crippen molar-refractivity contribution in [3.63, 3.8) is 0 Å². The summed E-state index contributed by atoms with van der Waals surface area (Å²) in [5, 5.41) is 0.748. The van der Waals surface area contributed by atoms with Gasteiger partial charge in [0.1, 0.15) is 0 Å². The molecule has 2 aliphatic rings. The molecule has 1 aromatic rings. The van der Waals surface area contributed by atoms with Crippen LogP contribution in [0.2, 0.25) is 5.02 Å². The van der Waals surface area contributed by atoms with Crippen LogP contribution in [0.4, 0.5) is 5.69 Å². The number of guanidine groups is 1. The maximum atomic E-state index is 6.04. The van der Waals surface area contributed by atoms with E-state index in [-0.39, 0.29) is 5.54 Å². The average Bonchev–Trinajstić information content (AvgIpc) is 2.91. The molecular weight excluding hydrogens is 254 g/mol. The van der Waals surface area contributed by atoms with E-state index in [1.807, 2.05) is 36.0 Å². The predicted molar refractivity (Wildman–Crippen MR) is 75.1 cm³/mol. The molecule has 1 saturated heterocycles. The van der Waals surface area contributed by atoms with E-state index in [1.54, 1.807) is 0 Å². The molecule has 17 heavy (non-hydrogen) atoms. The van der Waals surface area contributed by atoms with E-state index >= 15 is 0 Å². The second-order valence-electron chi connectivity index (χ2n) is 4.51. The smallest absolute Gasteiger partial charge is 0.196 e. The van der Waals surface area contributed by atoms with Crippen molar-refractivity contribution < 1.29 is 0 Å². The summed E-state index contributed by atoms with van der Waals surface area (Å²) in [5.74, 6) is 2.92. The Kier molecular flexibility index (Phi) is 2.71. The maximum Gasteiger partial charge on any atom is 0.196 e. The Bertz CT molecular complexity index is 451. The topological polar surface area (TPSA) is 41.6 Å². The predicted octanol–water partition coefficient (Wildman–Crippen LogP) is 2.35. The average molecular weight is 268 g/mol. The number of nitrogens with two attached hydrogens (primary N) is 1. The molecule has 0 aromatic heterocycles. The first-order chi connectivity index (χ1) is 8.21. The molecule has 0 aliphatic carbocycles. The number of anilines is 1. The van der Waals surface area contributed by atoms with Gasteiger partial charge in [0, 0.05) is 16.5 Å². The van der Waals surface area contributed by atoms with Crippen LogP contribution in [0.15, 0.2) is 29.3 Å². The minimum atomic E-state index is 0.0998. The van der Waals surface area contributed by atoms with Crippen LogP contribution < -0.4 is 10.6 Å². The molecule has 90 valence electrons. The van der Waals surface area contributed by atoms with Gasteiger partial charge in [0.05, 0.1) is 12.1 Å². The number of hydrogen-bond acceptors (Lipinski definition) is 4. The zero-order valence-electron chi connectivity index (χ0n) is 9.40. The van der Waals surface area contributed by atoms with Crippen molar-refractivity contribution in [3.05, 3.63) is 29.3 Å². The summed E-state index contributed by atoms with van der Waals surface area (Å²) < 4.78 is 0. The van der Waals surface area contributed by atoms with Gasteiger partial charge in [-0.25, -0.2) is 0 Å². The van der Waals surface area contributed by atoms with Gasteiger partial charge in [-0.15, -0.1) is 0 Å². The van der Waals surface area contributed by atoms with Crippen LogP contribution >= 0.6 is 23.4 Å². The molecule has 2 aliphatic heterocycles. The van der Waals surface area contributed by atoms with E-state index in [2.05, 4.69) is 9.89 Å². The number of aliphatic imine (C=N–C) groups is 1. The maximum absolute atomic E-state index is 6.04. The van der Waals surface area contributed by atoms with E-state index in [9.17, 15) is 0 Å². The van der Waals surface area contributed by atoms with Crippen molar-refractivity contribution in [1.29, 1.82) is 0 Å². The molecule has 2 heterocycles. The van der Waals surface area contributed by atoms with Gasteiger partial charge in [-0.2, -0.15) is 11.8 Å². The molecule has 1 fully saturated rings. The van der Waals surface area contributed by atoms with Gasteiger partial charge < -0.3 is 10.6 Å². The van der Waals surface area contributed by atoms with Gasteiger partial charge in [0.2, 0.25) is 0 Å². The fraction of sp³-hybridized carbons (Fsp3) is 0.417. The van der Waals surface area contributed by atoms with Crippen molar-refractivity contribution in [2.24, 2.45) is 10.7 Å². The van der Waals surface area contributed by atoms with E-state index < -0.39 is 0 Å². The first-order valence-corrected chi connectivity index (χ1v) is 7.18. The Morgan fingerprint density at radius 3 is 2.76 bits per heavy atom. The summed E-state index contributed by atoms with van der Waals surface area (Å²) in [5.41, 5.74) is 7.23. The highest BCUT2D eigenvalue weighted by molar-refractivity contribution is 7.99. The molecule has 3 rings (SSSR count). The van der Waals surface area contributed by atoms with E-state index in [1.165, 1.54) is 5.75 Å². The fourth-order valence-electron chi connectivity index (χ4n) is 2.51. The van der Waals surface area contributed by atoms with E-state index in [4.69, 9.17) is 17.3 Å². The summed E-state index contributed by atoms with van der Waals surface area (Å²) in [6, 6.07) is 7.83. The molecular formula is C12H14ClN3S. The number of benzene rings is 1. The lowest BCUT2D eigenvalue weighted by atomic mass is 9.97. The first-order valence-electron chi connectivity index (χ1n) is 5.65. The molecule has 0 amide bonds. The van der Waals surface area contributed by atoms with Crippen LogP contribution in [0.25, 0.3) is 0 Å². The van der Waals surface area contributed by atoms with Gasteiger partial charge in [-0.1, -0.05) is 11.6 Å². The van der Waals surface area contributed by atoms with Crippen LogP contribution in [0, 0.1) is 0 Å². The third kappa shape index (κ3) is 1.79. The van der Waals surface area contributed by atoms with Crippen molar-refractivity contribution >= 4 is 35.0 Å². The summed E-state index contributed by atoms with van der Waals surface area (Å²) in [6.45, 7) is 0.814. The molecule has 1 spiro atoms. The normalized spacial score (nSPS) is 27.8. The molecule has 0 radical (unpaired) electrons. The number of halogens is 1. The second kappa shape index (κ2) is 4.10. The van der Waals surface area contributed by atoms with Gasteiger partial charge >= 0.3 is 0 Å². The molecule has 1 atom stereocenters. The lowest BCUT2D eigenvalue weighted by Crippen LogP contribution is -2.52. The van der Waals surface area contributed by atoms with Gasteiger partial charge in [0.25, 0.3) is 0 Å². The molecule has 5 heteroatoms. The van der Waals surface area contributed by atoms with Crippen molar-refractivity contribution in [2.45, 2.75) is 12.0 Å². The SMILES string of the molecule is NC1=NCC2(CCSC2)N1c1ccc(Cl)cc1. The molecule has 0 saturated carbocycles. The fourth-order valence-corrected chi connectivity index (χ4v) is 4.05. The molecule has 1 aromatic carbocycles. The molecule has 0 bridgehead atoms. The Hall–Kier alpha value is -0.870. The zero-order chi connectivity index (χ0) is 11.9. The standard InChI is InChI=1S/C12H14ClN3S/c13-9-1-3-10(4-2-9)16-11(14)15-7-12(16)5-6-17-8-12/h1-4H,5-8H2,(H2,14,15). The van der Waals surface area contributed by atoms with E-state index in [0.29, 0.717) is 5.96 Å². The highest BCUT2D eigenvalue weighted by atomic mass is 35.5. The highest BCUT2D eigenvalue weighted by Gasteiger charge is 2.45. The largest absolute Gasteiger partial charge is 0.369 e. The number of thioether (sulfide) groups is 1. The lowest BCUT2D eigenvalue weighted by molar-refractivity contribution is 0.516. The number of nitrogens with zero attached hydrogens (tertiary/aromatic N) is 2. The summed E-state index contributed by atoms with van der Waals surface area (Å²) >= 11 is 7.90. The van der Waals surface area contributed by atoms with Crippen LogP contribution in [-0.4, -0.2) is 29.5 Å². The van der Waals surface area contributed by atoms with Gasteiger partial charge in [-0.3, -0.25) is 4.99 Å². The van der Waals surface area contributed by atoms with Crippen molar-refractivity contribution in [2.75, 3.05) is 23.0 Å². The monoisotopic (exact) mass is 267 g/mol. The molecule has 1 unspecified atom stereocenters. The van der Waals surface area contributed by atoms with E-state index in [0.717, 1.165) is 29.4 Å². The Morgan fingerprint density at radius 1 is 1.35 bits per heavy atom. The minimum absolute atomic E-state index is 0.0998. The Labute approximate surface area is 110 Å². The molecule has 3 nitrogen and oxygen atoms in total. The number of hydrogen-bond donors (Lipinski definition) is 1. The summed E-state index contributed by atoms with van der Waals surface area (Å²) in [6.07, 6.45) is 1.14. The van der Waals surface area contributed by atoms with Crippen molar-refractivity contribution in [3.8, 4) is 0 Å². The van der Waals surface area contributed by atoms with Crippen LogP contribution in [0.3, 0.4) is 0 Å². The van der Waals surface area contributed by atoms with Crippen LogP contribution in [0.5, 0.6) is 0 Å². The van der Waals surface area contributed by atoms with Crippen LogP contribution in [0.1, 0.15) is 6.42 Å². The zero-order valence-corrected chi connectivity index (χ0v) is 11.0. The third-order valence-electron chi connectivity index (χ3n) is 3.41. The third-order valence-corrected chi connectivity index (χ3v) is 4.89. The Balaban J connectivity index is 1.98. The lowest BCUT2D eigenvalue weighted by Gasteiger charge is -2.35. The number of rotatable bonds is 1. The highest BCUT2D eigenvalue weighted by Crippen LogP contribution is 2.39. The molecule has 2 N–H and O–H groups in total. The van der Waals surface area contributed by atoms with Gasteiger partial charge in [0.15, 0.2) is 5.96 Å². The van der Waals surface area contributed by atoms with Crippen LogP contribution in [-0.2, 0) is 0 Å². The first kappa shape index (κ1) is 11.2. The minimum Gasteiger partial charge on any atom is -0.369 e. The van der Waals surface area contributed by atoms with Gasteiger partial charge in [-0.05, 0) is 36.4 Å². The Morgan fingerprint density at radius 2 is 2.12 bits per heavy atom.